The Morgan fingerprint density at radius 3 is 2.78 bits per heavy atom. The fraction of sp³-hybridized carbons (Fsp3) is 0.500. The third-order valence-corrected chi connectivity index (χ3v) is 4.91. The highest BCUT2D eigenvalue weighted by Crippen LogP contribution is 2.30. The Morgan fingerprint density at radius 1 is 1.30 bits per heavy atom. The molecule has 23 heavy (non-hydrogen) atoms. The minimum Gasteiger partial charge on any atom is -0.315 e. The van der Waals surface area contributed by atoms with E-state index in [0.717, 1.165) is 25.8 Å². The number of nitrogens with zero attached hydrogens (tertiary/aromatic N) is 2. The second-order valence-corrected chi connectivity index (χ2v) is 6.16. The number of imide groups is 1. The highest BCUT2D eigenvalue weighted by Gasteiger charge is 2.43. The van der Waals surface area contributed by atoms with Gasteiger partial charge in [0.05, 0.1) is 23.1 Å². The largest absolute Gasteiger partial charge is 0.315 e. The van der Waals surface area contributed by atoms with Gasteiger partial charge in [-0.2, -0.15) is 0 Å². The molecular weight excluding hydrogens is 298 g/mol. The zero-order valence-corrected chi connectivity index (χ0v) is 13.1. The average molecular weight is 318 g/mol. The van der Waals surface area contributed by atoms with E-state index in [1.807, 2.05) is 0 Å². The van der Waals surface area contributed by atoms with E-state index in [0.29, 0.717) is 12.7 Å². The number of carbonyl (C=O) groups excluding carboxylic acids is 2. The number of fused-ring (bicyclic) bond motifs is 1. The van der Waals surface area contributed by atoms with Crippen LogP contribution in [0, 0.1) is 10.1 Å². The Labute approximate surface area is 134 Å². The Morgan fingerprint density at radius 2 is 2.09 bits per heavy atom. The summed E-state index contributed by atoms with van der Waals surface area (Å²) in [5.41, 5.74) is -0.204. The number of benzene rings is 1. The van der Waals surface area contributed by atoms with Crippen LogP contribution in [-0.2, 0) is 0 Å². The molecule has 1 N–H and O–H groups in total. The third-order valence-electron chi connectivity index (χ3n) is 4.91. The van der Waals surface area contributed by atoms with Crippen molar-refractivity contribution in [2.75, 3.05) is 13.2 Å². The van der Waals surface area contributed by atoms with Crippen LogP contribution in [0.15, 0.2) is 18.2 Å². The number of hydrogen-bond acceptors (Lipinski definition) is 4. The van der Waals surface area contributed by atoms with Crippen LogP contribution in [0.1, 0.15) is 53.3 Å². The number of hydrogen-bond donors (Lipinski definition) is 1. The molecule has 7 nitrogen and oxygen atoms in total. The number of nitrogens with one attached hydrogen (secondary N) is 1. The van der Waals surface area contributed by atoms with E-state index < -0.39 is 16.7 Å². The molecule has 0 bridgehead atoms. The van der Waals surface area contributed by atoms with Gasteiger partial charge < -0.3 is 4.90 Å². The molecule has 2 amide bonds. The van der Waals surface area contributed by atoms with Gasteiger partial charge in [0.1, 0.15) is 5.56 Å². The number of likely N-dealkylation sites (tertiary alicyclic amines) is 1. The van der Waals surface area contributed by atoms with Crippen molar-refractivity contribution in [3.63, 3.8) is 0 Å². The van der Waals surface area contributed by atoms with Gasteiger partial charge in [-0.3, -0.25) is 19.7 Å². The van der Waals surface area contributed by atoms with Crippen molar-refractivity contribution < 1.29 is 19.4 Å². The van der Waals surface area contributed by atoms with Crippen molar-refractivity contribution in [3.05, 3.63) is 39.4 Å². The van der Waals surface area contributed by atoms with Gasteiger partial charge in [0.2, 0.25) is 0 Å². The van der Waals surface area contributed by atoms with E-state index in [-0.39, 0.29) is 16.8 Å². The minimum absolute atomic E-state index is 0.0630. The van der Waals surface area contributed by atoms with Gasteiger partial charge in [-0.15, -0.1) is 0 Å². The average Bonchev–Trinajstić information content (AvgIpc) is 2.80. The number of carbonyl (C=O) groups is 2. The standard InChI is InChI=1S/C16H19N3O4/c1-2-11-6-3-4-9-17(11)10-18-15(20)12-7-5-8-13(19(22)23)14(12)16(18)21/h5,7-8,11H,2-4,6,9-10H2,1H3/p+1/t11-/m1/s1. The summed E-state index contributed by atoms with van der Waals surface area (Å²) in [6.45, 7) is 3.33. The van der Waals surface area contributed by atoms with E-state index in [1.165, 1.54) is 34.4 Å². The lowest BCUT2D eigenvalue weighted by Crippen LogP contribution is -3.18. The highest BCUT2D eigenvalue weighted by molar-refractivity contribution is 6.23. The molecule has 2 aliphatic heterocycles. The molecule has 3 rings (SSSR count). The van der Waals surface area contributed by atoms with Crippen molar-refractivity contribution in [3.8, 4) is 0 Å². The maximum Gasteiger partial charge on any atom is 0.282 e. The fourth-order valence-electron chi connectivity index (χ4n) is 3.67. The van der Waals surface area contributed by atoms with Crippen LogP contribution in [0.25, 0.3) is 0 Å². The maximum absolute atomic E-state index is 12.6. The van der Waals surface area contributed by atoms with Gasteiger partial charge in [-0.05, 0) is 31.7 Å². The number of nitro benzene ring substituents is 1. The molecule has 2 aliphatic rings. The van der Waals surface area contributed by atoms with Gasteiger partial charge in [-0.1, -0.05) is 13.0 Å². The molecular formula is C16H20N3O4+. The molecule has 2 atom stereocenters. The number of amides is 2. The first-order chi connectivity index (χ1) is 11.0. The van der Waals surface area contributed by atoms with Crippen LogP contribution < -0.4 is 4.90 Å². The van der Waals surface area contributed by atoms with E-state index >= 15 is 0 Å². The summed E-state index contributed by atoms with van der Waals surface area (Å²) in [7, 11) is 0. The predicted octanol–water partition coefficient (Wildman–Crippen LogP) is 0.996. The molecule has 7 heteroatoms. The normalized spacial score (nSPS) is 24.0. The Bertz CT molecular complexity index is 673. The molecule has 1 aromatic carbocycles. The van der Waals surface area contributed by atoms with Crippen molar-refractivity contribution >= 4 is 17.5 Å². The summed E-state index contributed by atoms with van der Waals surface area (Å²) in [4.78, 5) is 38.0. The van der Waals surface area contributed by atoms with Crippen LogP contribution in [0.3, 0.4) is 0 Å². The van der Waals surface area contributed by atoms with E-state index in [4.69, 9.17) is 0 Å². The lowest BCUT2D eigenvalue weighted by Gasteiger charge is -2.33. The van der Waals surface area contributed by atoms with E-state index in [1.54, 1.807) is 0 Å². The Kier molecular flexibility index (Phi) is 4.12. The van der Waals surface area contributed by atoms with Crippen LogP contribution >= 0.6 is 0 Å². The van der Waals surface area contributed by atoms with Gasteiger partial charge in [0.15, 0.2) is 6.67 Å². The quantitative estimate of drug-likeness (QED) is 0.510. The molecule has 0 aromatic heterocycles. The lowest BCUT2D eigenvalue weighted by atomic mass is 10.0. The molecule has 122 valence electrons. The minimum atomic E-state index is -0.601. The van der Waals surface area contributed by atoms with Crippen LogP contribution in [0.2, 0.25) is 0 Å². The van der Waals surface area contributed by atoms with Crippen molar-refractivity contribution in [2.45, 2.75) is 38.6 Å². The summed E-state index contributed by atoms with van der Waals surface area (Å²) >= 11 is 0. The highest BCUT2D eigenvalue weighted by atomic mass is 16.6. The number of rotatable bonds is 4. The molecule has 0 saturated carbocycles. The number of quaternary nitrogens is 1. The summed E-state index contributed by atoms with van der Waals surface area (Å²) in [6.07, 6.45) is 4.35. The second-order valence-electron chi connectivity index (χ2n) is 6.16. The van der Waals surface area contributed by atoms with Crippen LogP contribution in [0.4, 0.5) is 5.69 Å². The first-order valence-electron chi connectivity index (χ1n) is 8.02. The fourth-order valence-corrected chi connectivity index (χ4v) is 3.67. The summed E-state index contributed by atoms with van der Waals surface area (Å²) in [5, 5.41) is 11.1. The van der Waals surface area contributed by atoms with Crippen molar-refractivity contribution in [2.24, 2.45) is 0 Å². The maximum atomic E-state index is 12.6. The van der Waals surface area contributed by atoms with Gasteiger partial charge in [-0.25, -0.2) is 4.90 Å². The first kappa shape index (κ1) is 15.6. The lowest BCUT2D eigenvalue weighted by molar-refractivity contribution is -0.937. The number of nitro groups is 1. The molecule has 0 spiro atoms. The molecule has 1 aromatic rings. The predicted molar refractivity (Wildman–Crippen MR) is 82.2 cm³/mol. The summed E-state index contributed by atoms with van der Waals surface area (Å²) < 4.78 is 0. The molecule has 1 unspecified atom stereocenters. The SMILES string of the molecule is CC[C@@H]1CCCC[NH+]1CN1C(=O)c2cccc([N+](=O)[O-])c2C1=O. The van der Waals surface area contributed by atoms with Crippen LogP contribution in [0.5, 0.6) is 0 Å². The molecule has 1 saturated heterocycles. The van der Waals surface area contributed by atoms with E-state index in [2.05, 4.69) is 6.92 Å². The number of piperidine rings is 1. The summed E-state index contributed by atoms with van der Waals surface area (Å²) in [6, 6.07) is 4.65. The smallest absolute Gasteiger partial charge is 0.282 e. The second kappa shape index (κ2) is 6.08. The summed E-state index contributed by atoms with van der Waals surface area (Å²) in [5.74, 6) is -0.952. The van der Waals surface area contributed by atoms with Crippen molar-refractivity contribution in [1.82, 2.24) is 4.90 Å². The molecule has 0 radical (unpaired) electrons. The third kappa shape index (κ3) is 2.61. The van der Waals surface area contributed by atoms with E-state index in [9.17, 15) is 19.7 Å². The Balaban J connectivity index is 1.88. The van der Waals surface area contributed by atoms with Gasteiger partial charge in [0.25, 0.3) is 17.5 Å². The van der Waals surface area contributed by atoms with Crippen molar-refractivity contribution in [1.29, 1.82) is 0 Å². The molecule has 2 heterocycles. The van der Waals surface area contributed by atoms with Gasteiger partial charge in [0, 0.05) is 6.07 Å². The van der Waals surface area contributed by atoms with Crippen LogP contribution in [-0.4, -0.2) is 40.9 Å². The zero-order valence-electron chi connectivity index (χ0n) is 13.1. The van der Waals surface area contributed by atoms with Gasteiger partial charge >= 0.3 is 0 Å². The topological polar surface area (TPSA) is 85.0 Å². The molecule has 0 aliphatic carbocycles. The molecule has 1 fully saturated rings. The zero-order chi connectivity index (χ0) is 16.6. The first-order valence-corrected chi connectivity index (χ1v) is 8.02. The Hall–Kier alpha value is -2.28. The monoisotopic (exact) mass is 318 g/mol.